The molecule has 5 rings (SSSR count). The van der Waals surface area contributed by atoms with Crippen LogP contribution in [-0.4, -0.2) is 25.7 Å². The van der Waals surface area contributed by atoms with E-state index in [-0.39, 0.29) is 5.91 Å². The number of nitrogens with one attached hydrogen (secondary N) is 1. The third-order valence-electron chi connectivity index (χ3n) is 5.55. The summed E-state index contributed by atoms with van der Waals surface area (Å²) in [7, 11) is 0. The van der Waals surface area contributed by atoms with Crippen molar-refractivity contribution in [2.24, 2.45) is 0 Å². The van der Waals surface area contributed by atoms with E-state index in [9.17, 15) is 4.79 Å². The van der Waals surface area contributed by atoms with Gasteiger partial charge < -0.3 is 11.1 Å². The molecule has 1 amide bonds. The summed E-state index contributed by atoms with van der Waals surface area (Å²) in [4.78, 5) is 21.6. The predicted molar refractivity (Wildman–Crippen MR) is 110 cm³/mol. The second-order valence-electron chi connectivity index (χ2n) is 7.51. The molecule has 0 radical (unpaired) electrons. The number of carbonyl (C=O) groups excluding carboxylic acids is 1. The molecule has 3 aromatic heterocycles. The van der Waals surface area contributed by atoms with Crippen molar-refractivity contribution >= 4 is 28.2 Å². The van der Waals surface area contributed by atoms with E-state index in [0.29, 0.717) is 17.0 Å². The van der Waals surface area contributed by atoms with E-state index in [4.69, 9.17) is 10.8 Å². The van der Waals surface area contributed by atoms with E-state index in [1.807, 2.05) is 18.3 Å². The first-order valence-corrected chi connectivity index (χ1v) is 10.5. The number of fused-ring (bicyclic) bond motifs is 3. The van der Waals surface area contributed by atoms with Crippen LogP contribution in [0.2, 0.25) is 0 Å². The Hall–Kier alpha value is -2.74. The number of hydrogen-bond donors (Lipinski definition) is 2. The summed E-state index contributed by atoms with van der Waals surface area (Å²) in [5, 5.41) is 8.58. The van der Waals surface area contributed by atoms with Crippen molar-refractivity contribution in [3.8, 4) is 21.8 Å². The average Bonchev–Trinajstić information content (AvgIpc) is 3.38. The van der Waals surface area contributed by atoms with Gasteiger partial charge in [0, 0.05) is 24.2 Å². The lowest BCUT2D eigenvalue weighted by Gasteiger charge is -2.17. The normalized spacial score (nSPS) is 16.0. The van der Waals surface area contributed by atoms with Crippen molar-refractivity contribution in [2.45, 2.75) is 51.5 Å². The third-order valence-corrected chi connectivity index (χ3v) is 6.57. The van der Waals surface area contributed by atoms with Crippen LogP contribution in [0.25, 0.3) is 21.8 Å². The number of thiazole rings is 1. The zero-order valence-electron chi connectivity index (χ0n) is 15.7. The molecular formula is C20H22N6OS. The lowest BCUT2D eigenvalue weighted by molar-refractivity contribution is -0.114. The first kappa shape index (κ1) is 17.4. The molecule has 0 aromatic carbocycles. The van der Waals surface area contributed by atoms with E-state index in [2.05, 4.69) is 20.0 Å². The Morgan fingerprint density at radius 2 is 2.11 bits per heavy atom. The minimum Gasteiger partial charge on any atom is -0.384 e. The van der Waals surface area contributed by atoms with Crippen LogP contribution in [0.15, 0.2) is 18.3 Å². The number of amides is 1. The molecule has 3 aromatic rings. The van der Waals surface area contributed by atoms with E-state index >= 15 is 0 Å². The van der Waals surface area contributed by atoms with Crippen molar-refractivity contribution < 1.29 is 4.79 Å². The van der Waals surface area contributed by atoms with Crippen molar-refractivity contribution in [2.75, 3.05) is 11.1 Å². The van der Waals surface area contributed by atoms with Crippen LogP contribution in [0.5, 0.6) is 0 Å². The Morgan fingerprint density at radius 1 is 1.29 bits per heavy atom. The van der Waals surface area contributed by atoms with Crippen LogP contribution >= 0.6 is 11.3 Å². The van der Waals surface area contributed by atoms with Gasteiger partial charge in [-0.15, -0.1) is 0 Å². The fourth-order valence-electron chi connectivity index (χ4n) is 4.29. The van der Waals surface area contributed by atoms with Gasteiger partial charge in [-0.05, 0) is 37.8 Å². The van der Waals surface area contributed by atoms with Gasteiger partial charge in [-0.2, -0.15) is 5.10 Å². The first-order chi connectivity index (χ1) is 13.6. The molecule has 2 aliphatic carbocycles. The number of carbonyl (C=O) groups is 1. The Morgan fingerprint density at radius 3 is 2.82 bits per heavy atom. The maximum absolute atomic E-state index is 11.5. The van der Waals surface area contributed by atoms with Crippen LogP contribution in [0, 0.1) is 0 Å². The highest BCUT2D eigenvalue weighted by molar-refractivity contribution is 7.19. The molecule has 3 N–H and O–H groups in total. The number of hydrogen-bond acceptors (Lipinski definition) is 6. The molecule has 0 unspecified atom stereocenters. The zero-order valence-corrected chi connectivity index (χ0v) is 16.6. The second kappa shape index (κ2) is 6.70. The highest BCUT2D eigenvalue weighted by atomic mass is 32.1. The fraction of sp³-hybridized carbons (Fsp3) is 0.400. The minimum absolute atomic E-state index is 0.0933. The lowest BCUT2D eigenvalue weighted by atomic mass is 9.95. The quantitative estimate of drug-likeness (QED) is 0.703. The molecule has 0 bridgehead atoms. The molecule has 8 heteroatoms. The number of nitrogens with two attached hydrogens (primary N) is 1. The van der Waals surface area contributed by atoms with Crippen LogP contribution in [-0.2, 0) is 17.6 Å². The van der Waals surface area contributed by atoms with Crippen molar-refractivity contribution in [3.05, 3.63) is 29.6 Å². The van der Waals surface area contributed by atoms with E-state index < -0.39 is 0 Å². The van der Waals surface area contributed by atoms with Gasteiger partial charge in [0.25, 0.3) is 0 Å². The zero-order chi connectivity index (χ0) is 19.3. The van der Waals surface area contributed by atoms with Crippen LogP contribution in [0.3, 0.4) is 0 Å². The molecule has 28 heavy (non-hydrogen) atoms. The van der Waals surface area contributed by atoms with E-state index in [1.54, 1.807) is 11.3 Å². The molecule has 1 saturated carbocycles. The topological polar surface area (TPSA) is 98.7 Å². The summed E-state index contributed by atoms with van der Waals surface area (Å²) >= 11 is 1.55. The van der Waals surface area contributed by atoms with E-state index in [1.165, 1.54) is 31.0 Å². The number of aromatic nitrogens is 4. The van der Waals surface area contributed by atoms with Gasteiger partial charge in [0.05, 0.1) is 28.0 Å². The van der Waals surface area contributed by atoms with E-state index in [0.717, 1.165) is 47.5 Å². The maximum atomic E-state index is 11.5. The van der Waals surface area contributed by atoms with Crippen LogP contribution in [0.4, 0.5) is 10.9 Å². The van der Waals surface area contributed by atoms with Crippen LogP contribution < -0.4 is 11.1 Å². The van der Waals surface area contributed by atoms with Crippen molar-refractivity contribution in [3.63, 3.8) is 0 Å². The Kier molecular flexibility index (Phi) is 4.16. The smallest absolute Gasteiger partial charge is 0.223 e. The minimum atomic E-state index is -0.0933. The number of aryl methyl sites for hydroxylation is 1. The molecule has 144 valence electrons. The predicted octanol–water partition coefficient (Wildman–Crippen LogP) is 3.82. The Balaban J connectivity index is 1.67. The maximum Gasteiger partial charge on any atom is 0.223 e. The summed E-state index contributed by atoms with van der Waals surface area (Å²) in [5.41, 5.74) is 11.3. The summed E-state index contributed by atoms with van der Waals surface area (Å²) in [6.45, 7) is 1.51. The number of pyridine rings is 1. The van der Waals surface area contributed by atoms with Gasteiger partial charge in [0.2, 0.25) is 5.91 Å². The summed E-state index contributed by atoms with van der Waals surface area (Å²) in [6.07, 6.45) is 8.33. The Bertz CT molecular complexity index is 1050. The van der Waals surface area contributed by atoms with Gasteiger partial charge >= 0.3 is 0 Å². The molecular weight excluding hydrogens is 372 g/mol. The number of anilines is 2. The molecule has 0 spiro atoms. The van der Waals surface area contributed by atoms with Gasteiger partial charge in [0.15, 0.2) is 5.13 Å². The van der Waals surface area contributed by atoms with Crippen LogP contribution in [0.1, 0.15) is 49.9 Å². The fourth-order valence-corrected chi connectivity index (χ4v) is 5.41. The molecule has 2 aliphatic rings. The molecule has 1 fully saturated rings. The molecule has 7 nitrogen and oxygen atoms in total. The SMILES string of the molecule is CC(=O)Nc1nc2c(s1)-c1c(c(-c3ccc(N)nc3)nn1C1CCCC1)CC2. The van der Waals surface area contributed by atoms with Gasteiger partial charge in [-0.1, -0.05) is 24.2 Å². The number of nitrogen functional groups attached to an aromatic ring is 1. The monoisotopic (exact) mass is 394 g/mol. The molecule has 0 saturated heterocycles. The Labute approximate surface area is 167 Å². The van der Waals surface area contributed by atoms with Crippen molar-refractivity contribution in [1.82, 2.24) is 19.7 Å². The van der Waals surface area contributed by atoms with Gasteiger partial charge in [-0.25, -0.2) is 9.97 Å². The summed E-state index contributed by atoms with van der Waals surface area (Å²) < 4.78 is 2.22. The molecule has 3 heterocycles. The second-order valence-corrected chi connectivity index (χ2v) is 8.51. The number of nitrogens with zero attached hydrogens (tertiary/aromatic N) is 4. The average molecular weight is 395 g/mol. The van der Waals surface area contributed by atoms with Gasteiger partial charge in [0.1, 0.15) is 5.82 Å². The number of rotatable bonds is 3. The standard InChI is InChI=1S/C20H22N6OS/c1-11(27)23-20-24-15-8-7-14-17(12-6-9-16(21)22-10-12)25-26(13-4-2-3-5-13)18(14)19(15)28-20/h6,9-10,13H,2-5,7-8H2,1H3,(H2,21,22)(H,23,24,27). The molecule has 0 aliphatic heterocycles. The largest absolute Gasteiger partial charge is 0.384 e. The third kappa shape index (κ3) is 2.88. The first-order valence-electron chi connectivity index (χ1n) is 9.71. The lowest BCUT2D eigenvalue weighted by Crippen LogP contribution is -2.11. The molecule has 0 atom stereocenters. The van der Waals surface area contributed by atoms with Gasteiger partial charge in [-0.3, -0.25) is 9.48 Å². The van der Waals surface area contributed by atoms with Crippen molar-refractivity contribution in [1.29, 1.82) is 0 Å². The highest BCUT2D eigenvalue weighted by Crippen LogP contribution is 2.45. The summed E-state index contributed by atoms with van der Waals surface area (Å²) in [6, 6.07) is 4.24. The highest BCUT2D eigenvalue weighted by Gasteiger charge is 2.32. The summed E-state index contributed by atoms with van der Waals surface area (Å²) in [5.74, 6) is 0.418.